The SMILES string of the molecule is COc1ccc(OC)c(C(=O)C=Cc2cccc(OC(=O)c3c(OC)cccc3OC)c2)c1. The van der Waals surface area contributed by atoms with Crippen LogP contribution in [0.1, 0.15) is 26.3 Å². The molecule has 0 aliphatic rings. The summed E-state index contributed by atoms with van der Waals surface area (Å²) < 4.78 is 26.5. The van der Waals surface area contributed by atoms with Crippen LogP contribution in [0.2, 0.25) is 0 Å². The highest BCUT2D eigenvalue weighted by Gasteiger charge is 2.20. The van der Waals surface area contributed by atoms with Gasteiger partial charge < -0.3 is 23.7 Å². The zero-order valence-corrected chi connectivity index (χ0v) is 18.8. The van der Waals surface area contributed by atoms with Crippen LogP contribution in [-0.2, 0) is 0 Å². The van der Waals surface area contributed by atoms with Crippen LogP contribution >= 0.6 is 0 Å². The molecule has 0 fully saturated rings. The third kappa shape index (κ3) is 5.51. The zero-order valence-electron chi connectivity index (χ0n) is 18.8. The lowest BCUT2D eigenvalue weighted by atomic mass is 10.1. The van der Waals surface area contributed by atoms with Crippen molar-refractivity contribution in [1.29, 1.82) is 0 Å². The van der Waals surface area contributed by atoms with Crippen LogP contribution in [-0.4, -0.2) is 40.2 Å². The Bertz CT molecular complexity index is 1160. The summed E-state index contributed by atoms with van der Waals surface area (Å²) in [5.74, 6) is 1.10. The molecule has 0 aliphatic carbocycles. The molecule has 0 aliphatic heterocycles. The van der Waals surface area contributed by atoms with Gasteiger partial charge in [-0.2, -0.15) is 0 Å². The maximum absolute atomic E-state index is 12.8. The van der Waals surface area contributed by atoms with Crippen LogP contribution in [0.3, 0.4) is 0 Å². The van der Waals surface area contributed by atoms with Crippen LogP contribution in [0.5, 0.6) is 28.7 Å². The highest BCUT2D eigenvalue weighted by atomic mass is 16.5. The molecule has 170 valence electrons. The van der Waals surface area contributed by atoms with E-state index in [0.29, 0.717) is 39.9 Å². The Morgan fingerprint density at radius 2 is 1.36 bits per heavy atom. The molecule has 33 heavy (non-hydrogen) atoms. The molecule has 0 amide bonds. The first-order valence-electron chi connectivity index (χ1n) is 9.98. The Labute approximate surface area is 192 Å². The molecule has 0 heterocycles. The van der Waals surface area contributed by atoms with Gasteiger partial charge in [0.25, 0.3) is 0 Å². The Hall–Kier alpha value is -4.26. The van der Waals surface area contributed by atoms with E-state index in [1.165, 1.54) is 34.5 Å². The number of rotatable bonds is 9. The number of hydrogen-bond donors (Lipinski definition) is 0. The number of hydrogen-bond acceptors (Lipinski definition) is 7. The monoisotopic (exact) mass is 448 g/mol. The van der Waals surface area contributed by atoms with E-state index in [-0.39, 0.29) is 11.3 Å². The molecule has 0 N–H and O–H groups in total. The molecule has 0 atom stereocenters. The third-order valence-electron chi connectivity index (χ3n) is 4.80. The van der Waals surface area contributed by atoms with Gasteiger partial charge in [0.15, 0.2) is 5.78 Å². The van der Waals surface area contributed by atoms with Crippen molar-refractivity contribution >= 4 is 17.8 Å². The average Bonchev–Trinajstić information content (AvgIpc) is 2.86. The molecule has 0 saturated carbocycles. The normalized spacial score (nSPS) is 10.5. The van der Waals surface area contributed by atoms with Crippen LogP contribution in [0.15, 0.2) is 66.7 Å². The maximum atomic E-state index is 12.8. The fourth-order valence-electron chi connectivity index (χ4n) is 3.16. The smallest absolute Gasteiger partial charge is 0.351 e. The Morgan fingerprint density at radius 1 is 0.697 bits per heavy atom. The number of carbonyl (C=O) groups excluding carboxylic acids is 2. The van der Waals surface area contributed by atoms with Gasteiger partial charge in [-0.05, 0) is 54.1 Å². The predicted octanol–water partition coefficient (Wildman–Crippen LogP) is 4.84. The molecule has 0 bridgehead atoms. The van der Waals surface area contributed by atoms with Crippen LogP contribution in [0.25, 0.3) is 6.08 Å². The Kier molecular flexibility index (Phi) is 7.70. The van der Waals surface area contributed by atoms with Gasteiger partial charge >= 0.3 is 5.97 Å². The molecule has 0 unspecified atom stereocenters. The Morgan fingerprint density at radius 3 is 2.00 bits per heavy atom. The standard InChI is InChI=1S/C26H24O7/c1-29-18-12-14-22(30-2)20(16-18)21(27)13-11-17-7-5-8-19(15-17)33-26(28)25-23(31-3)9-6-10-24(25)32-4/h5-16H,1-4H3. The second-order valence-corrected chi connectivity index (χ2v) is 6.76. The van der Waals surface area contributed by atoms with E-state index in [1.807, 2.05) is 0 Å². The molecule has 0 radical (unpaired) electrons. The van der Waals surface area contributed by atoms with Crippen molar-refractivity contribution in [2.75, 3.05) is 28.4 Å². The van der Waals surface area contributed by atoms with Gasteiger partial charge in [-0.25, -0.2) is 4.79 Å². The van der Waals surface area contributed by atoms with Gasteiger partial charge in [0.2, 0.25) is 0 Å². The van der Waals surface area contributed by atoms with E-state index in [2.05, 4.69) is 0 Å². The predicted molar refractivity (Wildman–Crippen MR) is 124 cm³/mol. The van der Waals surface area contributed by atoms with Crippen molar-refractivity contribution in [2.24, 2.45) is 0 Å². The molecular formula is C26H24O7. The minimum Gasteiger partial charge on any atom is -0.497 e. The molecule has 0 saturated heterocycles. The second kappa shape index (κ2) is 10.9. The molecule has 3 aromatic carbocycles. The van der Waals surface area contributed by atoms with Gasteiger partial charge in [-0.15, -0.1) is 0 Å². The van der Waals surface area contributed by atoms with Crippen molar-refractivity contribution in [3.05, 3.63) is 83.4 Å². The topological polar surface area (TPSA) is 80.3 Å². The van der Waals surface area contributed by atoms with E-state index in [0.717, 1.165) is 0 Å². The summed E-state index contributed by atoms with van der Waals surface area (Å²) >= 11 is 0. The van der Waals surface area contributed by atoms with Crippen molar-refractivity contribution in [3.8, 4) is 28.7 Å². The molecule has 3 aromatic rings. The van der Waals surface area contributed by atoms with Crippen LogP contribution in [0.4, 0.5) is 0 Å². The molecule has 3 rings (SSSR count). The van der Waals surface area contributed by atoms with Gasteiger partial charge in [0.1, 0.15) is 34.3 Å². The van der Waals surface area contributed by atoms with E-state index in [1.54, 1.807) is 66.7 Å². The van der Waals surface area contributed by atoms with Gasteiger partial charge in [0.05, 0.1) is 34.0 Å². The largest absolute Gasteiger partial charge is 0.497 e. The summed E-state index contributed by atoms with van der Waals surface area (Å²) in [4.78, 5) is 25.5. The minimum atomic E-state index is -0.623. The lowest BCUT2D eigenvalue weighted by Gasteiger charge is -2.12. The number of benzene rings is 3. The van der Waals surface area contributed by atoms with E-state index < -0.39 is 5.97 Å². The number of carbonyl (C=O) groups is 2. The Balaban J connectivity index is 1.81. The second-order valence-electron chi connectivity index (χ2n) is 6.76. The molecular weight excluding hydrogens is 424 g/mol. The highest BCUT2D eigenvalue weighted by molar-refractivity contribution is 6.09. The average molecular weight is 448 g/mol. The molecule has 0 spiro atoms. The van der Waals surface area contributed by atoms with Crippen LogP contribution in [0, 0.1) is 0 Å². The summed E-state index contributed by atoms with van der Waals surface area (Å²) in [5.41, 5.74) is 1.23. The number of ether oxygens (including phenoxy) is 5. The summed E-state index contributed by atoms with van der Waals surface area (Å²) in [5, 5.41) is 0. The number of methoxy groups -OCH3 is 4. The van der Waals surface area contributed by atoms with Crippen molar-refractivity contribution in [3.63, 3.8) is 0 Å². The van der Waals surface area contributed by atoms with Crippen molar-refractivity contribution < 1.29 is 33.3 Å². The van der Waals surface area contributed by atoms with Gasteiger partial charge in [0, 0.05) is 0 Å². The third-order valence-corrected chi connectivity index (χ3v) is 4.80. The lowest BCUT2D eigenvalue weighted by Crippen LogP contribution is -2.12. The molecule has 7 heteroatoms. The van der Waals surface area contributed by atoms with Gasteiger partial charge in [-0.3, -0.25) is 4.79 Å². The quantitative estimate of drug-likeness (QED) is 0.201. The number of ketones is 1. The summed E-state index contributed by atoms with van der Waals surface area (Å²) in [7, 11) is 5.95. The summed E-state index contributed by atoms with van der Waals surface area (Å²) in [6.45, 7) is 0. The minimum absolute atomic E-state index is 0.184. The summed E-state index contributed by atoms with van der Waals surface area (Å²) in [6.07, 6.45) is 3.05. The first kappa shape index (κ1) is 23.4. The highest BCUT2D eigenvalue weighted by Crippen LogP contribution is 2.30. The molecule has 0 aromatic heterocycles. The molecule has 7 nitrogen and oxygen atoms in total. The fourth-order valence-corrected chi connectivity index (χ4v) is 3.16. The maximum Gasteiger partial charge on any atom is 0.351 e. The van der Waals surface area contributed by atoms with Crippen LogP contribution < -0.4 is 23.7 Å². The first-order valence-corrected chi connectivity index (χ1v) is 9.98. The first-order chi connectivity index (χ1) is 16.0. The van der Waals surface area contributed by atoms with E-state index in [4.69, 9.17) is 23.7 Å². The number of allylic oxidation sites excluding steroid dienone is 1. The van der Waals surface area contributed by atoms with E-state index >= 15 is 0 Å². The lowest BCUT2D eigenvalue weighted by molar-refractivity contribution is 0.0727. The zero-order chi connectivity index (χ0) is 23.8. The number of esters is 1. The van der Waals surface area contributed by atoms with Crippen molar-refractivity contribution in [1.82, 2.24) is 0 Å². The van der Waals surface area contributed by atoms with Gasteiger partial charge in [-0.1, -0.05) is 24.3 Å². The van der Waals surface area contributed by atoms with Crippen molar-refractivity contribution in [2.45, 2.75) is 0 Å². The summed E-state index contributed by atoms with van der Waals surface area (Å²) in [6, 6.07) is 16.8. The van der Waals surface area contributed by atoms with E-state index in [9.17, 15) is 9.59 Å². The fraction of sp³-hybridized carbons (Fsp3) is 0.154.